The predicted molar refractivity (Wildman–Crippen MR) is 79.7 cm³/mol. The molecule has 0 radical (unpaired) electrons. The van der Waals surface area contributed by atoms with Crippen LogP contribution in [0.3, 0.4) is 0 Å². The van der Waals surface area contributed by atoms with E-state index in [0.717, 1.165) is 12.3 Å². The van der Waals surface area contributed by atoms with Gasteiger partial charge in [0, 0.05) is 24.7 Å². The lowest BCUT2D eigenvalue weighted by Crippen LogP contribution is -2.36. The smallest absolute Gasteiger partial charge is 0.118 e. The zero-order chi connectivity index (χ0) is 13.8. The Kier molecular flexibility index (Phi) is 4.83. The maximum atomic E-state index is 5.20. The lowest BCUT2D eigenvalue weighted by atomic mass is 10.1. The van der Waals surface area contributed by atoms with E-state index in [1.807, 2.05) is 12.1 Å². The van der Waals surface area contributed by atoms with Crippen molar-refractivity contribution in [3.8, 4) is 5.75 Å². The van der Waals surface area contributed by atoms with Crippen LogP contribution in [0.2, 0.25) is 0 Å². The summed E-state index contributed by atoms with van der Waals surface area (Å²) in [7, 11) is 1.70. The number of nitrogens with one attached hydrogen (secondary N) is 1. The second-order valence-electron chi connectivity index (χ2n) is 5.74. The molecule has 0 spiro atoms. The average Bonchev–Trinajstić information content (AvgIpc) is 2.87. The minimum Gasteiger partial charge on any atom is -0.497 e. The molecule has 3 nitrogen and oxygen atoms in total. The van der Waals surface area contributed by atoms with Crippen molar-refractivity contribution in [3.63, 3.8) is 0 Å². The number of nitrogens with zero attached hydrogens (tertiary/aromatic N) is 1. The highest BCUT2D eigenvalue weighted by atomic mass is 16.5. The van der Waals surface area contributed by atoms with Crippen molar-refractivity contribution in [2.24, 2.45) is 0 Å². The van der Waals surface area contributed by atoms with Gasteiger partial charge < -0.3 is 10.1 Å². The van der Waals surface area contributed by atoms with Crippen LogP contribution in [-0.2, 0) is 0 Å². The second kappa shape index (κ2) is 6.40. The maximum Gasteiger partial charge on any atom is 0.118 e. The van der Waals surface area contributed by atoms with E-state index in [9.17, 15) is 0 Å². The normalized spacial score (nSPS) is 21.8. The van der Waals surface area contributed by atoms with E-state index in [1.165, 1.54) is 18.5 Å². The summed E-state index contributed by atoms with van der Waals surface area (Å²) in [4.78, 5) is 2.54. The second-order valence-corrected chi connectivity index (χ2v) is 5.74. The van der Waals surface area contributed by atoms with Gasteiger partial charge in [-0.05, 0) is 51.4 Å². The highest BCUT2D eigenvalue weighted by Gasteiger charge is 2.25. The third kappa shape index (κ3) is 3.71. The van der Waals surface area contributed by atoms with Crippen molar-refractivity contribution in [3.05, 3.63) is 29.8 Å². The van der Waals surface area contributed by atoms with E-state index in [-0.39, 0.29) is 0 Å². The molecule has 0 aliphatic carbocycles. The first-order valence-corrected chi connectivity index (χ1v) is 7.24. The molecule has 0 amide bonds. The first kappa shape index (κ1) is 14.4. The fraction of sp³-hybridized carbons (Fsp3) is 0.625. The van der Waals surface area contributed by atoms with Gasteiger partial charge in [0.15, 0.2) is 0 Å². The Morgan fingerprint density at radius 2 is 1.89 bits per heavy atom. The van der Waals surface area contributed by atoms with Crippen LogP contribution in [0.15, 0.2) is 24.3 Å². The lowest BCUT2D eigenvalue weighted by molar-refractivity contribution is 0.266. The highest BCUT2D eigenvalue weighted by Crippen LogP contribution is 2.20. The molecular formula is C16H26N2O. The molecule has 1 aliphatic heterocycles. The molecule has 1 N–H and O–H groups in total. The molecule has 1 aromatic rings. The molecule has 3 heteroatoms. The molecule has 1 aliphatic rings. The van der Waals surface area contributed by atoms with Crippen molar-refractivity contribution in [1.29, 1.82) is 0 Å². The zero-order valence-electron chi connectivity index (χ0n) is 12.5. The van der Waals surface area contributed by atoms with Crippen LogP contribution in [0.25, 0.3) is 0 Å². The Hall–Kier alpha value is -1.06. The maximum absolute atomic E-state index is 5.20. The van der Waals surface area contributed by atoms with Gasteiger partial charge in [0.2, 0.25) is 0 Å². The Bertz CT molecular complexity index is 388. The van der Waals surface area contributed by atoms with Gasteiger partial charge in [0.25, 0.3) is 0 Å². The summed E-state index contributed by atoms with van der Waals surface area (Å²) in [5.74, 6) is 0.919. The van der Waals surface area contributed by atoms with Crippen LogP contribution in [0, 0.1) is 0 Å². The summed E-state index contributed by atoms with van der Waals surface area (Å²) >= 11 is 0. The van der Waals surface area contributed by atoms with E-state index >= 15 is 0 Å². The van der Waals surface area contributed by atoms with Crippen molar-refractivity contribution < 1.29 is 4.74 Å². The summed E-state index contributed by atoms with van der Waals surface area (Å²) < 4.78 is 5.20. The van der Waals surface area contributed by atoms with Crippen LogP contribution >= 0.6 is 0 Å². The van der Waals surface area contributed by atoms with Crippen molar-refractivity contribution >= 4 is 0 Å². The van der Waals surface area contributed by atoms with Crippen LogP contribution in [-0.4, -0.2) is 37.2 Å². The molecule has 1 fully saturated rings. The SMILES string of the molecule is COc1ccc(C(C)NC2CCN(C(C)C)C2)cc1. The van der Waals surface area contributed by atoms with Gasteiger partial charge >= 0.3 is 0 Å². The number of likely N-dealkylation sites (tertiary alicyclic amines) is 1. The third-order valence-corrected chi connectivity index (χ3v) is 4.05. The van der Waals surface area contributed by atoms with Gasteiger partial charge in [-0.25, -0.2) is 0 Å². The molecule has 1 saturated heterocycles. The standard InChI is InChI=1S/C16H26N2O/c1-12(2)18-10-9-15(11-18)17-13(3)14-5-7-16(19-4)8-6-14/h5-8,12-13,15,17H,9-11H2,1-4H3. The monoisotopic (exact) mass is 262 g/mol. The first-order valence-electron chi connectivity index (χ1n) is 7.24. The van der Waals surface area contributed by atoms with Crippen LogP contribution in [0.4, 0.5) is 0 Å². The van der Waals surface area contributed by atoms with Gasteiger partial charge in [-0.3, -0.25) is 4.90 Å². The number of ether oxygens (including phenoxy) is 1. The molecule has 0 bridgehead atoms. The van der Waals surface area contributed by atoms with Gasteiger partial charge in [-0.15, -0.1) is 0 Å². The van der Waals surface area contributed by atoms with Gasteiger partial charge in [-0.1, -0.05) is 12.1 Å². The average molecular weight is 262 g/mol. The minimum absolute atomic E-state index is 0.392. The Morgan fingerprint density at radius 1 is 1.21 bits per heavy atom. The molecular weight excluding hydrogens is 236 g/mol. The highest BCUT2D eigenvalue weighted by molar-refractivity contribution is 5.28. The van der Waals surface area contributed by atoms with E-state index in [4.69, 9.17) is 4.74 Å². The molecule has 1 heterocycles. The number of methoxy groups -OCH3 is 1. The fourth-order valence-electron chi connectivity index (χ4n) is 2.73. The molecule has 1 aromatic carbocycles. The molecule has 2 unspecified atom stereocenters. The topological polar surface area (TPSA) is 24.5 Å². The van der Waals surface area contributed by atoms with Gasteiger partial charge in [-0.2, -0.15) is 0 Å². The summed E-state index contributed by atoms with van der Waals surface area (Å²) in [6, 6.07) is 10.0. The zero-order valence-corrected chi connectivity index (χ0v) is 12.5. The summed E-state index contributed by atoms with van der Waals surface area (Å²) in [5.41, 5.74) is 1.32. The summed E-state index contributed by atoms with van der Waals surface area (Å²) in [6.45, 7) is 9.16. The number of benzene rings is 1. The van der Waals surface area contributed by atoms with Crippen molar-refractivity contribution in [1.82, 2.24) is 10.2 Å². The van der Waals surface area contributed by atoms with E-state index in [0.29, 0.717) is 18.1 Å². The van der Waals surface area contributed by atoms with Crippen molar-refractivity contribution in [2.45, 2.75) is 45.3 Å². The predicted octanol–water partition coefficient (Wildman–Crippen LogP) is 2.83. The molecule has 0 saturated carbocycles. The summed E-state index contributed by atoms with van der Waals surface area (Å²) in [5, 5.41) is 3.73. The third-order valence-electron chi connectivity index (χ3n) is 4.05. The van der Waals surface area contributed by atoms with Crippen molar-refractivity contribution in [2.75, 3.05) is 20.2 Å². The molecule has 0 aromatic heterocycles. The van der Waals surface area contributed by atoms with Gasteiger partial charge in [0.1, 0.15) is 5.75 Å². The van der Waals surface area contributed by atoms with Crippen LogP contribution in [0.1, 0.15) is 38.8 Å². The van der Waals surface area contributed by atoms with E-state index in [1.54, 1.807) is 7.11 Å². The summed E-state index contributed by atoms with van der Waals surface area (Å²) in [6.07, 6.45) is 1.25. The minimum atomic E-state index is 0.392. The van der Waals surface area contributed by atoms with Gasteiger partial charge in [0.05, 0.1) is 7.11 Å². The lowest BCUT2D eigenvalue weighted by Gasteiger charge is -2.23. The Morgan fingerprint density at radius 3 is 2.42 bits per heavy atom. The molecule has 2 rings (SSSR count). The van der Waals surface area contributed by atoms with Crippen LogP contribution < -0.4 is 10.1 Å². The Labute approximate surface area is 116 Å². The largest absolute Gasteiger partial charge is 0.497 e. The molecule has 19 heavy (non-hydrogen) atoms. The number of rotatable bonds is 5. The van der Waals surface area contributed by atoms with Crippen LogP contribution in [0.5, 0.6) is 5.75 Å². The molecule has 106 valence electrons. The molecule has 2 atom stereocenters. The number of hydrogen-bond acceptors (Lipinski definition) is 3. The fourth-order valence-corrected chi connectivity index (χ4v) is 2.73. The van der Waals surface area contributed by atoms with E-state index < -0.39 is 0 Å². The quantitative estimate of drug-likeness (QED) is 0.883. The van der Waals surface area contributed by atoms with E-state index in [2.05, 4.69) is 43.1 Å². The first-order chi connectivity index (χ1) is 9.10. The number of hydrogen-bond donors (Lipinski definition) is 1. The Balaban J connectivity index is 1.88.